The number of benzene rings is 2. The molecule has 0 saturated carbocycles. The van der Waals surface area contributed by atoms with Crippen LogP contribution in [0.1, 0.15) is 11.1 Å². The Morgan fingerprint density at radius 2 is 1.97 bits per heavy atom. The van der Waals surface area contributed by atoms with E-state index in [0.29, 0.717) is 22.8 Å². The molecular weight excluding hydrogens is 444 g/mol. The van der Waals surface area contributed by atoms with Gasteiger partial charge in [-0.05, 0) is 41.3 Å². The molecule has 1 amide bonds. The molecule has 2 N–H and O–H groups in total. The lowest BCUT2D eigenvalue weighted by molar-refractivity contribution is -0.134. The highest BCUT2D eigenvalue weighted by Crippen LogP contribution is 2.33. The number of amides is 1. The van der Waals surface area contributed by atoms with E-state index in [-0.39, 0.29) is 29.8 Å². The third-order valence-corrected chi connectivity index (χ3v) is 8.57. The quantitative estimate of drug-likeness (QED) is 0.602. The summed E-state index contributed by atoms with van der Waals surface area (Å²) in [5.41, 5.74) is 7.36. The van der Waals surface area contributed by atoms with Crippen molar-refractivity contribution in [3.05, 3.63) is 58.6 Å². The van der Waals surface area contributed by atoms with Gasteiger partial charge in [0.05, 0.1) is 12.1 Å². The fourth-order valence-corrected chi connectivity index (χ4v) is 6.54. The van der Waals surface area contributed by atoms with Crippen molar-refractivity contribution >= 4 is 54.6 Å². The van der Waals surface area contributed by atoms with Crippen LogP contribution in [0, 0.1) is 11.3 Å². The number of carbonyl (C=O) groups excluding carboxylic acids is 1. The normalized spacial score (nSPS) is 15.5. The molecule has 3 aromatic rings. The Bertz CT molecular complexity index is 1300. The van der Waals surface area contributed by atoms with Gasteiger partial charge in [-0.3, -0.25) is 4.79 Å². The Morgan fingerprint density at radius 3 is 2.67 bits per heavy atom. The van der Waals surface area contributed by atoms with E-state index in [0.717, 1.165) is 27.0 Å². The molecule has 0 radical (unpaired) electrons. The van der Waals surface area contributed by atoms with Gasteiger partial charge in [-0.25, -0.2) is 8.42 Å². The predicted molar refractivity (Wildman–Crippen MR) is 117 cm³/mol. The first-order chi connectivity index (χ1) is 14.3. The fraction of sp³-hybridized carbons (Fsp3) is 0.200. The average molecular weight is 461 g/mol. The van der Waals surface area contributed by atoms with Gasteiger partial charge in [-0.1, -0.05) is 23.7 Å². The van der Waals surface area contributed by atoms with Gasteiger partial charge >= 0.3 is 0 Å². The molecule has 1 aliphatic heterocycles. The number of fused-ring (bicyclic) bond motifs is 1. The van der Waals surface area contributed by atoms with Crippen molar-refractivity contribution in [1.29, 1.82) is 5.26 Å². The van der Waals surface area contributed by atoms with Crippen molar-refractivity contribution in [3.63, 3.8) is 0 Å². The van der Waals surface area contributed by atoms with Gasteiger partial charge in [0, 0.05) is 35.0 Å². The maximum atomic E-state index is 13.1. The molecule has 30 heavy (non-hydrogen) atoms. The first-order valence-electron chi connectivity index (χ1n) is 9.03. The fourth-order valence-electron chi connectivity index (χ4n) is 3.33. The summed E-state index contributed by atoms with van der Waals surface area (Å²) in [6.45, 7) is 0.566. The topological polar surface area (TPSA) is 107 Å². The van der Waals surface area contributed by atoms with E-state index in [9.17, 15) is 13.2 Å². The number of rotatable bonds is 4. The molecule has 1 aromatic heterocycles. The SMILES string of the molecule is N#Cc1ccc(CN2CCN(S(=O)(=O)c3cc4ccc(Cl)cc4s3)CC2=O)cc1N. The summed E-state index contributed by atoms with van der Waals surface area (Å²) < 4.78 is 28.3. The van der Waals surface area contributed by atoms with Crippen molar-refractivity contribution in [2.75, 3.05) is 25.4 Å². The summed E-state index contributed by atoms with van der Waals surface area (Å²) in [5.74, 6) is -0.281. The third kappa shape index (κ3) is 3.87. The van der Waals surface area contributed by atoms with E-state index in [2.05, 4.69) is 0 Å². The Balaban J connectivity index is 1.49. The smallest absolute Gasteiger partial charge is 0.253 e. The molecule has 0 atom stereocenters. The number of carbonyl (C=O) groups is 1. The highest BCUT2D eigenvalue weighted by atomic mass is 35.5. The van der Waals surface area contributed by atoms with Gasteiger partial charge in [0.25, 0.3) is 10.0 Å². The molecule has 0 aliphatic carbocycles. The molecule has 0 spiro atoms. The molecule has 1 aliphatic rings. The minimum Gasteiger partial charge on any atom is -0.398 e. The summed E-state index contributed by atoms with van der Waals surface area (Å²) >= 11 is 7.13. The van der Waals surface area contributed by atoms with Crippen molar-refractivity contribution in [2.24, 2.45) is 0 Å². The molecule has 154 valence electrons. The lowest BCUT2D eigenvalue weighted by Crippen LogP contribution is -2.51. The predicted octanol–water partition coefficient (Wildman–Crippen LogP) is 3.04. The number of nitrogens with two attached hydrogens (primary N) is 1. The summed E-state index contributed by atoms with van der Waals surface area (Å²) in [6.07, 6.45) is 0. The molecule has 10 heteroatoms. The van der Waals surface area contributed by atoms with E-state index in [4.69, 9.17) is 22.6 Å². The van der Waals surface area contributed by atoms with Crippen molar-refractivity contribution in [3.8, 4) is 6.07 Å². The number of nitriles is 1. The van der Waals surface area contributed by atoms with Gasteiger partial charge < -0.3 is 10.6 Å². The molecule has 1 fully saturated rings. The van der Waals surface area contributed by atoms with E-state index >= 15 is 0 Å². The Kier molecular flexibility index (Phi) is 5.42. The maximum absolute atomic E-state index is 13.1. The molecule has 1 saturated heterocycles. The number of anilines is 1. The van der Waals surface area contributed by atoms with Crippen LogP contribution in [0.2, 0.25) is 5.02 Å². The van der Waals surface area contributed by atoms with Crippen LogP contribution in [0.5, 0.6) is 0 Å². The van der Waals surface area contributed by atoms with E-state index in [1.807, 2.05) is 6.07 Å². The van der Waals surface area contributed by atoms with Crippen LogP contribution in [0.3, 0.4) is 0 Å². The second-order valence-electron chi connectivity index (χ2n) is 6.93. The van der Waals surface area contributed by atoms with Crippen LogP contribution >= 0.6 is 22.9 Å². The van der Waals surface area contributed by atoms with Crippen LogP contribution < -0.4 is 5.73 Å². The third-order valence-electron chi connectivity index (χ3n) is 4.95. The van der Waals surface area contributed by atoms with Crippen molar-refractivity contribution in [1.82, 2.24) is 9.21 Å². The first kappa shape index (κ1) is 20.6. The number of nitrogens with zero attached hydrogens (tertiary/aromatic N) is 3. The van der Waals surface area contributed by atoms with Crippen LogP contribution in [0.15, 0.2) is 46.7 Å². The number of hydrogen-bond acceptors (Lipinski definition) is 6. The van der Waals surface area contributed by atoms with Crippen LogP contribution in [-0.2, 0) is 21.4 Å². The molecule has 2 aromatic carbocycles. The minimum atomic E-state index is -3.78. The Labute approximate surface area is 182 Å². The second-order valence-corrected chi connectivity index (χ2v) is 10.6. The maximum Gasteiger partial charge on any atom is 0.253 e. The number of thiophene rings is 1. The van der Waals surface area contributed by atoms with Gasteiger partial charge in [-0.2, -0.15) is 9.57 Å². The highest BCUT2D eigenvalue weighted by molar-refractivity contribution is 7.91. The molecule has 7 nitrogen and oxygen atoms in total. The summed E-state index contributed by atoms with van der Waals surface area (Å²) in [6, 6.07) is 13.9. The first-order valence-corrected chi connectivity index (χ1v) is 11.7. The molecule has 2 heterocycles. The zero-order valence-electron chi connectivity index (χ0n) is 15.7. The number of piperazine rings is 1. The summed E-state index contributed by atoms with van der Waals surface area (Å²) in [4.78, 5) is 14.2. The number of sulfonamides is 1. The second kappa shape index (κ2) is 7.89. The largest absolute Gasteiger partial charge is 0.398 e. The van der Waals surface area contributed by atoms with Crippen molar-refractivity contribution in [2.45, 2.75) is 10.8 Å². The summed E-state index contributed by atoms with van der Waals surface area (Å²) in [7, 11) is -3.78. The Morgan fingerprint density at radius 1 is 1.17 bits per heavy atom. The number of halogens is 1. The van der Waals surface area contributed by atoms with Crippen LogP contribution in [0.25, 0.3) is 10.1 Å². The zero-order valence-corrected chi connectivity index (χ0v) is 18.1. The Hall–Kier alpha value is -2.64. The molecule has 0 unspecified atom stereocenters. The van der Waals surface area contributed by atoms with Crippen LogP contribution in [-0.4, -0.2) is 43.2 Å². The minimum absolute atomic E-state index is 0.195. The van der Waals surface area contributed by atoms with Gasteiger partial charge in [-0.15, -0.1) is 11.3 Å². The average Bonchev–Trinajstić information content (AvgIpc) is 3.13. The monoisotopic (exact) mass is 460 g/mol. The van der Waals surface area contributed by atoms with E-state index < -0.39 is 10.0 Å². The van der Waals surface area contributed by atoms with Gasteiger partial charge in [0.1, 0.15) is 10.3 Å². The number of hydrogen-bond donors (Lipinski definition) is 1. The molecule has 0 bridgehead atoms. The summed E-state index contributed by atoms with van der Waals surface area (Å²) in [5, 5.41) is 10.3. The zero-order chi connectivity index (χ0) is 21.5. The van der Waals surface area contributed by atoms with Crippen molar-refractivity contribution < 1.29 is 13.2 Å². The van der Waals surface area contributed by atoms with Gasteiger partial charge in [0.15, 0.2) is 0 Å². The van der Waals surface area contributed by atoms with Crippen LogP contribution in [0.4, 0.5) is 5.69 Å². The molecule has 4 rings (SSSR count). The lowest BCUT2D eigenvalue weighted by Gasteiger charge is -2.33. The van der Waals surface area contributed by atoms with Gasteiger partial charge in [0.2, 0.25) is 5.91 Å². The highest BCUT2D eigenvalue weighted by Gasteiger charge is 2.33. The lowest BCUT2D eigenvalue weighted by atomic mass is 10.1. The van der Waals surface area contributed by atoms with E-state index in [1.54, 1.807) is 47.4 Å². The number of nitrogen functional groups attached to an aromatic ring is 1. The molecular formula is C20H17ClN4O3S2. The van der Waals surface area contributed by atoms with E-state index in [1.165, 1.54) is 4.31 Å². The standard InChI is InChI=1S/C20H17ClN4O3S2/c21-16-4-3-14-8-20(29-18(14)9-16)30(27,28)25-6-5-24(19(26)12-25)11-13-1-2-15(10-22)17(23)7-13/h1-4,7-9H,5-6,11-12,23H2.